The predicted molar refractivity (Wildman–Crippen MR) is 72.6 cm³/mol. The van der Waals surface area contributed by atoms with Gasteiger partial charge in [0.2, 0.25) is 0 Å². The van der Waals surface area contributed by atoms with E-state index in [9.17, 15) is 14.7 Å². The number of phenols is 1. The Morgan fingerprint density at radius 3 is 2.45 bits per heavy atom. The second-order valence-corrected chi connectivity index (χ2v) is 5.50. The van der Waals surface area contributed by atoms with Crippen LogP contribution in [0.3, 0.4) is 0 Å². The van der Waals surface area contributed by atoms with E-state index in [0.29, 0.717) is 5.56 Å². The molecule has 0 aliphatic heterocycles. The summed E-state index contributed by atoms with van der Waals surface area (Å²) in [5.74, 6) is -2.01. The lowest BCUT2D eigenvalue weighted by atomic mass is 10.0. The Labute approximate surface area is 117 Å². The summed E-state index contributed by atoms with van der Waals surface area (Å²) >= 11 is 0. The molecule has 0 fully saturated rings. The van der Waals surface area contributed by atoms with E-state index in [1.807, 2.05) is 0 Å². The molecule has 6 nitrogen and oxygen atoms in total. The molecule has 110 valence electrons. The van der Waals surface area contributed by atoms with E-state index in [-0.39, 0.29) is 17.7 Å². The number of phenolic OH excluding ortho intramolecular Hbond substituents is 1. The van der Waals surface area contributed by atoms with E-state index in [1.165, 1.54) is 18.2 Å². The van der Waals surface area contributed by atoms with Gasteiger partial charge in [-0.2, -0.15) is 0 Å². The number of nitrogens with two attached hydrogens (primary N) is 1. The van der Waals surface area contributed by atoms with Crippen LogP contribution in [0.25, 0.3) is 0 Å². The van der Waals surface area contributed by atoms with Gasteiger partial charge in [0.15, 0.2) is 0 Å². The first kappa shape index (κ1) is 16.0. The van der Waals surface area contributed by atoms with Gasteiger partial charge in [0, 0.05) is 0 Å². The predicted octanol–water partition coefficient (Wildman–Crippen LogP) is 1.30. The summed E-state index contributed by atoms with van der Waals surface area (Å²) in [6, 6.07) is 3.17. The van der Waals surface area contributed by atoms with E-state index in [4.69, 9.17) is 15.6 Å². The Morgan fingerprint density at radius 1 is 1.35 bits per heavy atom. The van der Waals surface area contributed by atoms with Gasteiger partial charge >= 0.3 is 11.9 Å². The second kappa shape index (κ2) is 5.92. The van der Waals surface area contributed by atoms with Gasteiger partial charge in [-0.05, 0) is 44.9 Å². The second-order valence-electron chi connectivity index (χ2n) is 5.50. The van der Waals surface area contributed by atoms with Crippen LogP contribution in [-0.4, -0.2) is 33.8 Å². The molecule has 1 rings (SSSR count). The zero-order valence-electron chi connectivity index (χ0n) is 11.7. The van der Waals surface area contributed by atoms with E-state index in [2.05, 4.69) is 0 Å². The highest BCUT2D eigenvalue weighted by molar-refractivity contribution is 5.92. The molecule has 0 unspecified atom stereocenters. The maximum atomic E-state index is 11.9. The summed E-state index contributed by atoms with van der Waals surface area (Å²) in [7, 11) is 0. The van der Waals surface area contributed by atoms with Gasteiger partial charge in [-0.15, -0.1) is 0 Å². The van der Waals surface area contributed by atoms with Crippen LogP contribution < -0.4 is 5.73 Å². The SMILES string of the molecule is CC(C)(C)OC(=O)c1cc(C[C@H](N)C(=O)O)ccc1O. The summed E-state index contributed by atoms with van der Waals surface area (Å²) in [6.45, 7) is 5.14. The summed E-state index contributed by atoms with van der Waals surface area (Å²) in [5.41, 5.74) is 5.29. The Morgan fingerprint density at radius 2 is 1.95 bits per heavy atom. The average Bonchev–Trinajstić information content (AvgIpc) is 2.29. The van der Waals surface area contributed by atoms with Crippen molar-refractivity contribution in [3.63, 3.8) is 0 Å². The molecule has 0 amide bonds. The van der Waals surface area contributed by atoms with Crippen molar-refractivity contribution in [1.82, 2.24) is 0 Å². The van der Waals surface area contributed by atoms with Crippen molar-refractivity contribution < 1.29 is 24.5 Å². The standard InChI is InChI=1S/C14H19NO5/c1-14(2,3)20-13(19)9-6-8(4-5-11(9)16)7-10(15)12(17)18/h4-6,10,16H,7,15H2,1-3H3,(H,17,18)/t10-/m0/s1. The molecular formula is C14H19NO5. The smallest absolute Gasteiger partial charge is 0.342 e. The number of rotatable bonds is 4. The summed E-state index contributed by atoms with van der Waals surface area (Å²) in [6.07, 6.45) is 0.0609. The van der Waals surface area contributed by atoms with Crippen molar-refractivity contribution in [1.29, 1.82) is 0 Å². The number of carbonyl (C=O) groups excluding carboxylic acids is 1. The highest BCUT2D eigenvalue weighted by Gasteiger charge is 2.21. The Kier molecular flexibility index (Phi) is 4.73. The molecule has 1 atom stereocenters. The van der Waals surface area contributed by atoms with Crippen molar-refractivity contribution in [2.45, 2.75) is 38.8 Å². The highest BCUT2D eigenvalue weighted by atomic mass is 16.6. The minimum absolute atomic E-state index is 0.00462. The first-order chi connectivity index (χ1) is 9.10. The van der Waals surface area contributed by atoms with Crippen LogP contribution in [0, 0.1) is 0 Å². The number of hydrogen-bond acceptors (Lipinski definition) is 5. The average molecular weight is 281 g/mol. The van der Waals surface area contributed by atoms with Crippen molar-refractivity contribution in [3.05, 3.63) is 29.3 Å². The van der Waals surface area contributed by atoms with Crippen molar-refractivity contribution in [2.75, 3.05) is 0 Å². The van der Waals surface area contributed by atoms with Gasteiger partial charge in [0.05, 0.1) is 0 Å². The number of benzene rings is 1. The molecule has 0 saturated heterocycles. The van der Waals surface area contributed by atoms with Crippen LogP contribution in [0.2, 0.25) is 0 Å². The number of carbonyl (C=O) groups is 2. The van der Waals surface area contributed by atoms with Gasteiger partial charge in [0.25, 0.3) is 0 Å². The molecule has 0 aromatic heterocycles. The Bertz CT molecular complexity index is 519. The zero-order valence-corrected chi connectivity index (χ0v) is 11.7. The fraction of sp³-hybridized carbons (Fsp3) is 0.429. The van der Waals surface area contributed by atoms with E-state index in [0.717, 1.165) is 0 Å². The van der Waals surface area contributed by atoms with Crippen LogP contribution in [0.4, 0.5) is 0 Å². The lowest BCUT2D eigenvalue weighted by Crippen LogP contribution is -2.32. The number of aromatic hydroxyl groups is 1. The van der Waals surface area contributed by atoms with E-state index >= 15 is 0 Å². The van der Waals surface area contributed by atoms with E-state index in [1.54, 1.807) is 20.8 Å². The first-order valence-corrected chi connectivity index (χ1v) is 6.14. The fourth-order valence-electron chi connectivity index (χ4n) is 1.55. The maximum Gasteiger partial charge on any atom is 0.342 e. The molecule has 0 aliphatic rings. The molecule has 20 heavy (non-hydrogen) atoms. The minimum Gasteiger partial charge on any atom is -0.507 e. The normalized spacial score (nSPS) is 12.8. The van der Waals surface area contributed by atoms with Crippen molar-refractivity contribution >= 4 is 11.9 Å². The monoisotopic (exact) mass is 281 g/mol. The molecule has 1 aromatic carbocycles. The fourth-order valence-corrected chi connectivity index (χ4v) is 1.55. The molecule has 0 radical (unpaired) electrons. The lowest BCUT2D eigenvalue weighted by Gasteiger charge is -2.20. The number of esters is 1. The van der Waals surface area contributed by atoms with Crippen LogP contribution in [0.15, 0.2) is 18.2 Å². The molecule has 0 spiro atoms. The largest absolute Gasteiger partial charge is 0.507 e. The molecule has 0 aliphatic carbocycles. The molecule has 4 N–H and O–H groups in total. The number of aliphatic carboxylic acids is 1. The van der Waals surface area contributed by atoms with Crippen molar-refractivity contribution in [3.8, 4) is 5.75 Å². The van der Waals surface area contributed by atoms with Gasteiger partial charge in [-0.25, -0.2) is 4.79 Å². The zero-order chi connectivity index (χ0) is 15.5. The van der Waals surface area contributed by atoms with Crippen molar-refractivity contribution in [2.24, 2.45) is 5.73 Å². The number of carboxylic acid groups (broad SMARTS) is 1. The maximum absolute atomic E-state index is 11.9. The van der Waals surface area contributed by atoms with Crippen LogP contribution in [0.1, 0.15) is 36.7 Å². The third kappa shape index (κ3) is 4.55. The Balaban J connectivity index is 2.97. The van der Waals surface area contributed by atoms with Gasteiger partial charge in [-0.3, -0.25) is 4.79 Å². The molecular weight excluding hydrogens is 262 g/mol. The van der Waals surface area contributed by atoms with Crippen LogP contribution >= 0.6 is 0 Å². The molecule has 0 bridgehead atoms. The first-order valence-electron chi connectivity index (χ1n) is 6.14. The van der Waals surface area contributed by atoms with Gasteiger partial charge in [-0.1, -0.05) is 6.07 Å². The topological polar surface area (TPSA) is 110 Å². The number of ether oxygens (including phenoxy) is 1. The summed E-state index contributed by atoms with van der Waals surface area (Å²) in [4.78, 5) is 22.6. The molecule has 0 saturated carbocycles. The van der Waals surface area contributed by atoms with Crippen LogP contribution in [-0.2, 0) is 16.0 Å². The Hall–Kier alpha value is -2.08. The minimum atomic E-state index is -1.13. The van der Waals surface area contributed by atoms with E-state index < -0.39 is 23.6 Å². The summed E-state index contributed by atoms with van der Waals surface area (Å²) < 4.78 is 5.17. The highest BCUT2D eigenvalue weighted by Crippen LogP contribution is 2.22. The van der Waals surface area contributed by atoms with Gasteiger partial charge in [0.1, 0.15) is 23.0 Å². The van der Waals surface area contributed by atoms with Crippen LogP contribution in [0.5, 0.6) is 5.75 Å². The third-order valence-electron chi connectivity index (χ3n) is 2.45. The number of hydrogen-bond donors (Lipinski definition) is 3. The summed E-state index contributed by atoms with van der Waals surface area (Å²) in [5, 5.41) is 18.5. The molecule has 0 heterocycles. The molecule has 1 aromatic rings. The quantitative estimate of drug-likeness (QED) is 0.718. The lowest BCUT2D eigenvalue weighted by molar-refractivity contribution is -0.138. The van der Waals surface area contributed by atoms with Gasteiger partial charge < -0.3 is 20.7 Å². The number of carboxylic acids is 1. The third-order valence-corrected chi connectivity index (χ3v) is 2.45. The molecule has 6 heteroatoms.